The second-order valence-corrected chi connectivity index (χ2v) is 5.51. The number of pyridine rings is 1. The van der Waals surface area contributed by atoms with Gasteiger partial charge in [-0.1, -0.05) is 12.1 Å². The molecule has 0 saturated heterocycles. The summed E-state index contributed by atoms with van der Waals surface area (Å²) in [6.07, 6.45) is 1.93. The van der Waals surface area contributed by atoms with Gasteiger partial charge >= 0.3 is 0 Å². The Kier molecular flexibility index (Phi) is 4.47. The topological polar surface area (TPSA) is 42.1 Å². The van der Waals surface area contributed by atoms with E-state index >= 15 is 0 Å². The molecular weight excluding hydrogens is 242 g/mol. The second-order valence-electron chi connectivity index (χ2n) is 4.48. The van der Waals surface area contributed by atoms with Crippen molar-refractivity contribution in [1.29, 1.82) is 0 Å². The molecule has 1 unspecified atom stereocenters. The van der Waals surface area contributed by atoms with E-state index in [4.69, 9.17) is 5.73 Å². The fourth-order valence-electron chi connectivity index (χ4n) is 2.01. The summed E-state index contributed by atoms with van der Waals surface area (Å²) in [6, 6.07) is 8.61. The fourth-order valence-corrected chi connectivity index (χ4v) is 2.77. The molecule has 18 heavy (non-hydrogen) atoms. The smallest absolute Gasteiger partial charge is 0.0486 e. The van der Waals surface area contributed by atoms with Crippen molar-refractivity contribution in [3.05, 3.63) is 52.0 Å². The van der Waals surface area contributed by atoms with Gasteiger partial charge in [-0.25, -0.2) is 0 Å². The first kappa shape index (κ1) is 13.2. The number of thiophene rings is 1. The summed E-state index contributed by atoms with van der Waals surface area (Å²) >= 11 is 1.78. The summed E-state index contributed by atoms with van der Waals surface area (Å²) in [5, 5.41) is 2.11. The van der Waals surface area contributed by atoms with Crippen molar-refractivity contribution >= 4 is 11.3 Å². The third kappa shape index (κ3) is 3.16. The van der Waals surface area contributed by atoms with Crippen molar-refractivity contribution in [2.45, 2.75) is 19.5 Å². The van der Waals surface area contributed by atoms with Crippen LogP contribution in [0.25, 0.3) is 0 Å². The molecule has 1 atom stereocenters. The Balaban J connectivity index is 2.10. The number of rotatable bonds is 5. The van der Waals surface area contributed by atoms with Crippen molar-refractivity contribution in [1.82, 2.24) is 9.88 Å². The van der Waals surface area contributed by atoms with Gasteiger partial charge in [-0.05, 0) is 37.0 Å². The van der Waals surface area contributed by atoms with E-state index in [0.717, 1.165) is 12.2 Å². The maximum Gasteiger partial charge on any atom is 0.0486 e. The van der Waals surface area contributed by atoms with Crippen LogP contribution in [0.15, 0.2) is 35.8 Å². The second kappa shape index (κ2) is 6.09. The van der Waals surface area contributed by atoms with Crippen molar-refractivity contribution in [2.24, 2.45) is 5.73 Å². The Morgan fingerprint density at radius 1 is 1.39 bits per heavy atom. The van der Waals surface area contributed by atoms with Crippen LogP contribution in [0.3, 0.4) is 0 Å². The molecule has 2 heterocycles. The Labute approximate surface area is 112 Å². The molecule has 0 aromatic carbocycles. The predicted octanol–water partition coefficient (Wildman–Crippen LogP) is 2.58. The van der Waals surface area contributed by atoms with Crippen LogP contribution in [0.4, 0.5) is 0 Å². The molecular formula is C14H19N3S. The lowest BCUT2D eigenvalue weighted by Crippen LogP contribution is -2.30. The summed E-state index contributed by atoms with van der Waals surface area (Å²) in [6.45, 7) is 3.52. The van der Waals surface area contributed by atoms with E-state index in [1.54, 1.807) is 11.3 Å². The highest BCUT2D eigenvalue weighted by molar-refractivity contribution is 7.09. The van der Waals surface area contributed by atoms with Gasteiger partial charge in [0.1, 0.15) is 0 Å². The van der Waals surface area contributed by atoms with Crippen LogP contribution >= 0.6 is 11.3 Å². The zero-order valence-electron chi connectivity index (χ0n) is 10.8. The highest BCUT2D eigenvalue weighted by Gasteiger charge is 2.16. The molecule has 96 valence electrons. The number of aryl methyl sites for hydroxylation is 1. The third-order valence-corrected chi connectivity index (χ3v) is 3.92. The summed E-state index contributed by atoms with van der Waals surface area (Å²) in [7, 11) is 2.11. The maximum atomic E-state index is 5.91. The Morgan fingerprint density at radius 3 is 2.78 bits per heavy atom. The molecule has 2 aromatic rings. The molecule has 0 radical (unpaired) electrons. The number of likely N-dealkylation sites (N-methyl/N-ethyl adjacent to an activating group) is 1. The molecule has 0 aliphatic rings. The van der Waals surface area contributed by atoms with Gasteiger partial charge in [-0.2, -0.15) is 0 Å². The van der Waals surface area contributed by atoms with Crippen LogP contribution in [-0.4, -0.2) is 23.5 Å². The van der Waals surface area contributed by atoms with Gasteiger partial charge in [-0.3, -0.25) is 9.88 Å². The molecule has 4 heteroatoms. The first-order valence-electron chi connectivity index (χ1n) is 6.06. The van der Waals surface area contributed by atoms with Gasteiger partial charge in [0.05, 0.1) is 0 Å². The first-order chi connectivity index (χ1) is 8.70. The average Bonchev–Trinajstić information content (AvgIpc) is 2.85. The zero-order valence-corrected chi connectivity index (χ0v) is 11.7. The average molecular weight is 261 g/mol. The van der Waals surface area contributed by atoms with E-state index in [0.29, 0.717) is 6.54 Å². The Bertz CT molecular complexity index is 464. The van der Waals surface area contributed by atoms with Crippen LogP contribution in [0.2, 0.25) is 0 Å². The van der Waals surface area contributed by atoms with E-state index < -0.39 is 0 Å². The molecule has 2 rings (SSSR count). The minimum atomic E-state index is 0.222. The SMILES string of the molecule is Cc1ccc(C(CN)N(C)Cc2cccs2)cn1. The molecule has 3 nitrogen and oxygen atoms in total. The van der Waals surface area contributed by atoms with E-state index in [2.05, 4.69) is 40.5 Å². The van der Waals surface area contributed by atoms with Crippen molar-refractivity contribution < 1.29 is 0 Å². The summed E-state index contributed by atoms with van der Waals surface area (Å²) in [5.74, 6) is 0. The predicted molar refractivity (Wildman–Crippen MR) is 76.6 cm³/mol. The monoisotopic (exact) mass is 261 g/mol. The highest BCUT2D eigenvalue weighted by atomic mass is 32.1. The number of hydrogen-bond donors (Lipinski definition) is 1. The van der Waals surface area contributed by atoms with Gasteiger partial charge in [0.2, 0.25) is 0 Å². The molecule has 0 bridgehead atoms. The quantitative estimate of drug-likeness (QED) is 0.899. The standard InChI is InChI=1S/C14H19N3S/c1-11-5-6-12(9-16-11)14(8-15)17(2)10-13-4-3-7-18-13/h3-7,9,14H,8,10,15H2,1-2H3. The normalized spacial score (nSPS) is 12.9. The molecule has 0 aliphatic heterocycles. The summed E-state index contributed by atoms with van der Waals surface area (Å²) in [4.78, 5) is 7.98. The van der Waals surface area contributed by atoms with E-state index in [9.17, 15) is 0 Å². The molecule has 0 saturated carbocycles. The van der Waals surface area contributed by atoms with E-state index in [1.807, 2.05) is 19.2 Å². The van der Waals surface area contributed by atoms with Crippen molar-refractivity contribution in [2.75, 3.05) is 13.6 Å². The number of nitrogens with zero attached hydrogens (tertiary/aromatic N) is 2. The van der Waals surface area contributed by atoms with Gasteiger partial charge < -0.3 is 5.73 Å². The van der Waals surface area contributed by atoms with Crippen LogP contribution in [0.5, 0.6) is 0 Å². The van der Waals surface area contributed by atoms with Gasteiger partial charge in [0, 0.05) is 35.9 Å². The number of aromatic nitrogens is 1. The van der Waals surface area contributed by atoms with Gasteiger partial charge in [-0.15, -0.1) is 11.3 Å². The first-order valence-corrected chi connectivity index (χ1v) is 6.94. The zero-order chi connectivity index (χ0) is 13.0. The molecule has 0 spiro atoms. The Morgan fingerprint density at radius 2 is 2.22 bits per heavy atom. The molecule has 0 fully saturated rings. The van der Waals surface area contributed by atoms with Crippen molar-refractivity contribution in [3.63, 3.8) is 0 Å². The fraction of sp³-hybridized carbons (Fsp3) is 0.357. The highest BCUT2D eigenvalue weighted by Crippen LogP contribution is 2.21. The lowest BCUT2D eigenvalue weighted by molar-refractivity contribution is 0.243. The third-order valence-electron chi connectivity index (χ3n) is 3.06. The minimum absolute atomic E-state index is 0.222. The molecule has 0 aliphatic carbocycles. The maximum absolute atomic E-state index is 5.91. The van der Waals surface area contributed by atoms with Gasteiger partial charge in [0.15, 0.2) is 0 Å². The number of nitrogens with two attached hydrogens (primary N) is 1. The van der Waals surface area contributed by atoms with Crippen LogP contribution in [0, 0.1) is 6.92 Å². The van der Waals surface area contributed by atoms with E-state index in [1.165, 1.54) is 10.4 Å². The molecule has 0 amide bonds. The van der Waals surface area contributed by atoms with Crippen molar-refractivity contribution in [3.8, 4) is 0 Å². The Hall–Kier alpha value is -1.23. The van der Waals surface area contributed by atoms with Crippen LogP contribution in [0.1, 0.15) is 22.2 Å². The lowest BCUT2D eigenvalue weighted by atomic mass is 10.1. The molecule has 2 N–H and O–H groups in total. The lowest BCUT2D eigenvalue weighted by Gasteiger charge is -2.26. The number of hydrogen-bond acceptors (Lipinski definition) is 4. The molecule has 2 aromatic heterocycles. The van der Waals surface area contributed by atoms with Gasteiger partial charge in [0.25, 0.3) is 0 Å². The summed E-state index contributed by atoms with van der Waals surface area (Å²) < 4.78 is 0. The minimum Gasteiger partial charge on any atom is -0.329 e. The largest absolute Gasteiger partial charge is 0.329 e. The summed E-state index contributed by atoms with van der Waals surface area (Å²) in [5.41, 5.74) is 8.13. The van der Waals surface area contributed by atoms with Crippen LogP contribution < -0.4 is 5.73 Å². The van der Waals surface area contributed by atoms with Crippen LogP contribution in [-0.2, 0) is 6.54 Å². The van der Waals surface area contributed by atoms with E-state index in [-0.39, 0.29) is 6.04 Å².